The number of amides is 2. The average molecular weight is 372 g/mol. The highest BCUT2D eigenvalue weighted by atomic mass is 19.1. The van der Waals surface area contributed by atoms with Crippen molar-refractivity contribution in [3.05, 3.63) is 47.7 Å². The maximum Gasteiger partial charge on any atom is 0.320 e. The third-order valence-corrected chi connectivity index (χ3v) is 3.72. The van der Waals surface area contributed by atoms with Gasteiger partial charge in [-0.05, 0) is 62.4 Å². The van der Waals surface area contributed by atoms with Crippen molar-refractivity contribution in [2.75, 3.05) is 5.32 Å². The van der Waals surface area contributed by atoms with Crippen LogP contribution in [0.25, 0.3) is 5.69 Å². The first-order valence-corrected chi connectivity index (χ1v) is 8.39. The van der Waals surface area contributed by atoms with E-state index in [1.807, 2.05) is 27.7 Å². The lowest BCUT2D eigenvalue weighted by Crippen LogP contribution is -2.32. The topological polar surface area (TPSA) is 103 Å². The Bertz CT molecular complexity index is 939. The van der Waals surface area contributed by atoms with Gasteiger partial charge in [-0.3, -0.25) is 5.32 Å². The molecule has 9 nitrogen and oxygen atoms in total. The molecule has 0 bridgehead atoms. The zero-order chi connectivity index (χ0) is 19.6. The molecule has 2 aromatic heterocycles. The molecule has 0 saturated carbocycles. The van der Waals surface area contributed by atoms with Gasteiger partial charge in [-0.2, -0.15) is 9.78 Å². The predicted octanol–water partition coefficient (Wildman–Crippen LogP) is 2.38. The second-order valence-corrected chi connectivity index (χ2v) is 7.04. The Morgan fingerprint density at radius 3 is 2.59 bits per heavy atom. The van der Waals surface area contributed by atoms with Gasteiger partial charge in [0.1, 0.15) is 11.6 Å². The minimum Gasteiger partial charge on any atom is -0.330 e. The van der Waals surface area contributed by atoms with E-state index in [0.717, 1.165) is 5.69 Å². The molecule has 2 amide bonds. The fourth-order valence-corrected chi connectivity index (χ4v) is 2.52. The van der Waals surface area contributed by atoms with E-state index in [1.165, 1.54) is 16.8 Å². The van der Waals surface area contributed by atoms with Crippen LogP contribution >= 0.6 is 0 Å². The Morgan fingerprint density at radius 2 is 1.93 bits per heavy atom. The molecule has 2 N–H and O–H groups in total. The monoisotopic (exact) mass is 372 g/mol. The number of hydrogen-bond acceptors (Lipinski definition) is 5. The second kappa shape index (κ2) is 7.14. The SMILES string of the molecule is Cc1cc(NC(=O)NCc2nnnn2-c2ccc(F)cc2)n(C(C)(C)C)n1. The van der Waals surface area contributed by atoms with Crippen LogP contribution in [0.3, 0.4) is 0 Å². The number of nitrogens with one attached hydrogen (secondary N) is 2. The summed E-state index contributed by atoms with van der Waals surface area (Å²) in [6, 6.07) is 7.13. The van der Waals surface area contributed by atoms with Crippen LogP contribution in [0.2, 0.25) is 0 Å². The van der Waals surface area contributed by atoms with E-state index >= 15 is 0 Å². The molecule has 0 aliphatic heterocycles. The number of hydrogen-bond donors (Lipinski definition) is 2. The summed E-state index contributed by atoms with van der Waals surface area (Å²) in [6.45, 7) is 7.96. The van der Waals surface area contributed by atoms with Crippen LogP contribution in [-0.4, -0.2) is 36.0 Å². The van der Waals surface area contributed by atoms with Crippen LogP contribution < -0.4 is 10.6 Å². The Hall–Kier alpha value is -3.30. The van der Waals surface area contributed by atoms with Gasteiger partial charge < -0.3 is 5.32 Å². The van der Waals surface area contributed by atoms with E-state index in [-0.39, 0.29) is 17.9 Å². The maximum atomic E-state index is 13.1. The van der Waals surface area contributed by atoms with Crippen LogP contribution in [0, 0.1) is 12.7 Å². The molecule has 1 aromatic carbocycles. The molecule has 0 aliphatic carbocycles. The molecule has 0 fully saturated rings. The molecule has 3 rings (SSSR count). The molecule has 2 heterocycles. The fraction of sp³-hybridized carbons (Fsp3) is 0.353. The first kappa shape index (κ1) is 18.5. The summed E-state index contributed by atoms with van der Waals surface area (Å²) in [4.78, 5) is 12.3. The molecule has 10 heteroatoms. The van der Waals surface area contributed by atoms with Gasteiger partial charge in [-0.1, -0.05) is 0 Å². The van der Waals surface area contributed by atoms with E-state index in [0.29, 0.717) is 17.3 Å². The van der Waals surface area contributed by atoms with Gasteiger partial charge in [-0.25, -0.2) is 13.9 Å². The highest BCUT2D eigenvalue weighted by molar-refractivity contribution is 5.88. The summed E-state index contributed by atoms with van der Waals surface area (Å²) in [5, 5.41) is 21.3. The van der Waals surface area contributed by atoms with Crippen molar-refractivity contribution in [3.8, 4) is 5.69 Å². The van der Waals surface area contributed by atoms with Crippen LogP contribution in [0.15, 0.2) is 30.3 Å². The van der Waals surface area contributed by atoms with E-state index in [2.05, 4.69) is 31.3 Å². The smallest absolute Gasteiger partial charge is 0.320 e. The Morgan fingerprint density at radius 1 is 1.22 bits per heavy atom. The van der Waals surface area contributed by atoms with Gasteiger partial charge in [-0.15, -0.1) is 5.10 Å². The first-order chi connectivity index (χ1) is 12.7. The number of aryl methyl sites for hydroxylation is 1. The minimum atomic E-state index is -0.408. The van der Waals surface area contributed by atoms with Crippen LogP contribution in [0.1, 0.15) is 32.3 Å². The summed E-state index contributed by atoms with van der Waals surface area (Å²) in [6.07, 6.45) is 0. The molecule has 0 atom stereocenters. The number of rotatable bonds is 4. The van der Waals surface area contributed by atoms with Crippen molar-refractivity contribution < 1.29 is 9.18 Å². The Labute approximate surface area is 155 Å². The minimum absolute atomic E-state index is 0.0961. The number of benzene rings is 1. The van der Waals surface area contributed by atoms with Crippen molar-refractivity contribution in [2.45, 2.75) is 39.8 Å². The molecule has 0 saturated heterocycles. The molecule has 142 valence electrons. The lowest BCUT2D eigenvalue weighted by Gasteiger charge is -2.22. The van der Waals surface area contributed by atoms with E-state index in [9.17, 15) is 9.18 Å². The van der Waals surface area contributed by atoms with E-state index in [1.54, 1.807) is 22.9 Å². The normalized spacial score (nSPS) is 11.4. The number of nitrogens with zero attached hydrogens (tertiary/aromatic N) is 6. The zero-order valence-corrected chi connectivity index (χ0v) is 15.6. The number of carbonyl (C=O) groups excluding carboxylic acids is 1. The van der Waals surface area contributed by atoms with Crippen molar-refractivity contribution >= 4 is 11.8 Å². The summed E-state index contributed by atoms with van der Waals surface area (Å²) in [5.41, 5.74) is 1.13. The molecule has 27 heavy (non-hydrogen) atoms. The summed E-state index contributed by atoms with van der Waals surface area (Å²) in [7, 11) is 0. The molecular weight excluding hydrogens is 351 g/mol. The van der Waals surface area contributed by atoms with Crippen LogP contribution in [-0.2, 0) is 12.1 Å². The number of aromatic nitrogens is 6. The standard InChI is InChI=1S/C17H21FN8O/c1-11-9-14(26(22-11)17(2,3)4)20-16(27)19-10-15-21-23-24-25(15)13-7-5-12(18)6-8-13/h5-9H,10H2,1-4H3,(H2,19,20,27). The molecule has 0 aliphatic rings. The summed E-state index contributed by atoms with van der Waals surface area (Å²) >= 11 is 0. The van der Waals surface area contributed by atoms with Crippen LogP contribution in [0.5, 0.6) is 0 Å². The van der Waals surface area contributed by atoms with E-state index < -0.39 is 6.03 Å². The number of tetrazole rings is 1. The van der Waals surface area contributed by atoms with Crippen molar-refractivity contribution in [3.63, 3.8) is 0 Å². The number of carbonyl (C=O) groups is 1. The third-order valence-electron chi connectivity index (χ3n) is 3.72. The predicted molar refractivity (Wildman–Crippen MR) is 96.9 cm³/mol. The fourth-order valence-electron chi connectivity index (χ4n) is 2.52. The largest absolute Gasteiger partial charge is 0.330 e. The van der Waals surface area contributed by atoms with Crippen molar-refractivity contribution in [1.82, 2.24) is 35.3 Å². The quantitative estimate of drug-likeness (QED) is 0.732. The lowest BCUT2D eigenvalue weighted by atomic mass is 10.1. The Balaban J connectivity index is 1.68. The highest BCUT2D eigenvalue weighted by Crippen LogP contribution is 2.21. The van der Waals surface area contributed by atoms with Gasteiger partial charge in [0.25, 0.3) is 0 Å². The number of halogens is 1. The molecule has 3 aromatic rings. The number of anilines is 1. The maximum absolute atomic E-state index is 13.1. The number of urea groups is 1. The average Bonchev–Trinajstić information content (AvgIpc) is 3.20. The Kier molecular flexibility index (Phi) is 4.89. The summed E-state index contributed by atoms with van der Waals surface area (Å²) < 4.78 is 16.3. The molecule has 0 spiro atoms. The third kappa shape index (κ3) is 4.27. The highest BCUT2D eigenvalue weighted by Gasteiger charge is 2.20. The van der Waals surface area contributed by atoms with E-state index in [4.69, 9.17) is 0 Å². The van der Waals surface area contributed by atoms with Gasteiger partial charge in [0.2, 0.25) is 0 Å². The zero-order valence-electron chi connectivity index (χ0n) is 15.6. The van der Waals surface area contributed by atoms with Crippen molar-refractivity contribution in [2.24, 2.45) is 0 Å². The molecule has 0 radical (unpaired) electrons. The van der Waals surface area contributed by atoms with Crippen LogP contribution in [0.4, 0.5) is 15.0 Å². The molecule has 0 unspecified atom stereocenters. The lowest BCUT2D eigenvalue weighted by molar-refractivity contribution is 0.251. The van der Waals surface area contributed by atoms with Crippen molar-refractivity contribution in [1.29, 1.82) is 0 Å². The van der Waals surface area contributed by atoms with Gasteiger partial charge in [0.05, 0.1) is 23.5 Å². The second-order valence-electron chi connectivity index (χ2n) is 7.04. The summed E-state index contributed by atoms with van der Waals surface area (Å²) in [5.74, 6) is 0.657. The van der Waals surface area contributed by atoms with Gasteiger partial charge >= 0.3 is 6.03 Å². The van der Waals surface area contributed by atoms with Gasteiger partial charge in [0.15, 0.2) is 5.82 Å². The van der Waals surface area contributed by atoms with Gasteiger partial charge in [0, 0.05) is 6.07 Å². The molecular formula is C17H21FN8O. The first-order valence-electron chi connectivity index (χ1n) is 8.39.